The van der Waals surface area contributed by atoms with E-state index in [9.17, 15) is 0 Å². The molecule has 1 aromatic carbocycles. The van der Waals surface area contributed by atoms with Crippen molar-refractivity contribution in [2.24, 2.45) is 0 Å². The maximum atomic E-state index is 2.19. The number of hydrogen-bond donors (Lipinski definition) is 0. The predicted molar refractivity (Wildman–Crippen MR) is 61.3 cm³/mol. The molecule has 0 bridgehead atoms. The summed E-state index contributed by atoms with van der Waals surface area (Å²) in [6, 6.07) is 6.56. The Morgan fingerprint density at radius 2 is 0.818 bits per heavy atom. The maximum Gasteiger partial charge on any atom is -0.0398 e. The molecule has 0 spiro atoms. The standard InChI is InChI=1S/C9H12.2BrH/c1-7-4-8(2)6-9(3)5-7;;/h4-6H,1-3H3;2*1H. The Labute approximate surface area is 89.6 Å². The molecule has 0 atom stereocenters. The highest BCUT2D eigenvalue weighted by Gasteiger charge is 1.87. The molecule has 0 unspecified atom stereocenters. The minimum atomic E-state index is 0. The molecule has 1 aromatic rings. The molecule has 1 rings (SSSR count). The smallest absolute Gasteiger partial charge is 0.0398 e. The first-order valence-electron chi connectivity index (χ1n) is 3.23. The molecule has 0 aromatic heterocycles. The van der Waals surface area contributed by atoms with Gasteiger partial charge in [-0.05, 0) is 20.8 Å². The van der Waals surface area contributed by atoms with Gasteiger partial charge in [-0.1, -0.05) is 34.9 Å². The van der Waals surface area contributed by atoms with Crippen LogP contribution < -0.4 is 0 Å². The van der Waals surface area contributed by atoms with E-state index in [2.05, 4.69) is 39.0 Å². The van der Waals surface area contributed by atoms with Crippen molar-refractivity contribution >= 4 is 34.0 Å². The van der Waals surface area contributed by atoms with Crippen LogP contribution in [0.4, 0.5) is 0 Å². The third kappa shape index (κ3) is 4.59. The van der Waals surface area contributed by atoms with Gasteiger partial charge in [0, 0.05) is 0 Å². The molecule has 0 amide bonds. The quantitative estimate of drug-likeness (QED) is 0.679. The van der Waals surface area contributed by atoms with Crippen LogP contribution in [0.5, 0.6) is 0 Å². The van der Waals surface area contributed by atoms with Crippen molar-refractivity contribution < 1.29 is 0 Å². The topological polar surface area (TPSA) is 0 Å². The molecule has 11 heavy (non-hydrogen) atoms. The lowest BCUT2D eigenvalue weighted by molar-refractivity contribution is 1.32. The lowest BCUT2D eigenvalue weighted by atomic mass is 10.1. The van der Waals surface area contributed by atoms with Crippen molar-refractivity contribution in [1.29, 1.82) is 0 Å². The number of benzene rings is 1. The van der Waals surface area contributed by atoms with Gasteiger partial charge in [0.1, 0.15) is 0 Å². The molecule has 64 valence electrons. The van der Waals surface area contributed by atoms with Crippen molar-refractivity contribution in [3.05, 3.63) is 34.9 Å². The van der Waals surface area contributed by atoms with Crippen LogP contribution in [0.1, 0.15) is 16.7 Å². The molecule has 0 saturated carbocycles. The highest BCUT2D eigenvalue weighted by atomic mass is 79.9. The van der Waals surface area contributed by atoms with Crippen molar-refractivity contribution in [3.8, 4) is 0 Å². The zero-order valence-electron chi connectivity index (χ0n) is 7.05. The summed E-state index contributed by atoms with van der Waals surface area (Å²) in [4.78, 5) is 0. The van der Waals surface area contributed by atoms with Crippen molar-refractivity contribution in [3.63, 3.8) is 0 Å². The molecular formula is C9H14Br2. The van der Waals surface area contributed by atoms with E-state index >= 15 is 0 Å². The van der Waals surface area contributed by atoms with Gasteiger partial charge in [-0.2, -0.15) is 0 Å². The second-order valence-corrected chi connectivity index (χ2v) is 2.67. The fourth-order valence-electron chi connectivity index (χ4n) is 1.20. The number of aryl methyl sites for hydroxylation is 3. The Bertz CT molecular complexity index is 168. The van der Waals surface area contributed by atoms with E-state index in [0.29, 0.717) is 0 Å². The molecule has 0 aliphatic rings. The van der Waals surface area contributed by atoms with Crippen LogP contribution >= 0.6 is 34.0 Å². The number of hydrogen-bond acceptors (Lipinski definition) is 0. The van der Waals surface area contributed by atoms with Gasteiger partial charge in [0.15, 0.2) is 0 Å². The first-order valence-corrected chi connectivity index (χ1v) is 3.23. The van der Waals surface area contributed by atoms with E-state index in [1.54, 1.807) is 0 Å². The molecule has 0 nitrogen and oxygen atoms in total. The van der Waals surface area contributed by atoms with Gasteiger partial charge in [0.2, 0.25) is 0 Å². The van der Waals surface area contributed by atoms with Gasteiger partial charge in [0.25, 0.3) is 0 Å². The third-order valence-electron chi connectivity index (χ3n) is 1.37. The van der Waals surface area contributed by atoms with Crippen LogP contribution in [-0.2, 0) is 0 Å². The minimum Gasteiger partial charge on any atom is -0.114 e. The van der Waals surface area contributed by atoms with Gasteiger partial charge in [-0.15, -0.1) is 34.0 Å². The zero-order valence-corrected chi connectivity index (χ0v) is 10.5. The summed E-state index contributed by atoms with van der Waals surface area (Å²) < 4.78 is 0. The first-order chi connectivity index (χ1) is 4.18. The highest BCUT2D eigenvalue weighted by molar-refractivity contribution is 8.93. The Kier molecular flexibility index (Phi) is 7.23. The van der Waals surface area contributed by atoms with E-state index in [1.807, 2.05) is 0 Å². The molecule has 0 N–H and O–H groups in total. The van der Waals surface area contributed by atoms with Crippen molar-refractivity contribution in [2.75, 3.05) is 0 Å². The lowest BCUT2D eigenvalue weighted by Gasteiger charge is -1.96. The van der Waals surface area contributed by atoms with Crippen LogP contribution in [0.25, 0.3) is 0 Å². The summed E-state index contributed by atoms with van der Waals surface area (Å²) in [5.41, 5.74) is 4.06. The van der Waals surface area contributed by atoms with Crippen molar-refractivity contribution in [2.45, 2.75) is 20.8 Å². The largest absolute Gasteiger partial charge is 0.114 e. The monoisotopic (exact) mass is 280 g/mol. The third-order valence-corrected chi connectivity index (χ3v) is 1.37. The van der Waals surface area contributed by atoms with Crippen molar-refractivity contribution in [1.82, 2.24) is 0 Å². The van der Waals surface area contributed by atoms with Crippen LogP contribution in [0.15, 0.2) is 18.2 Å². The van der Waals surface area contributed by atoms with E-state index in [4.69, 9.17) is 0 Å². The Morgan fingerprint density at radius 3 is 1.00 bits per heavy atom. The maximum absolute atomic E-state index is 2.19. The normalized spacial score (nSPS) is 7.91. The predicted octanol–water partition coefficient (Wildman–Crippen LogP) is 3.77. The Morgan fingerprint density at radius 1 is 0.636 bits per heavy atom. The van der Waals surface area contributed by atoms with Crippen LogP contribution in [0, 0.1) is 20.8 Å². The van der Waals surface area contributed by atoms with Gasteiger partial charge in [0.05, 0.1) is 0 Å². The van der Waals surface area contributed by atoms with E-state index in [1.165, 1.54) is 16.7 Å². The fraction of sp³-hybridized carbons (Fsp3) is 0.333. The highest BCUT2D eigenvalue weighted by Crippen LogP contribution is 2.06. The van der Waals surface area contributed by atoms with Gasteiger partial charge >= 0.3 is 0 Å². The first kappa shape index (κ1) is 13.7. The zero-order chi connectivity index (χ0) is 6.85. The Balaban J connectivity index is 0. The second-order valence-electron chi connectivity index (χ2n) is 2.67. The van der Waals surface area contributed by atoms with Crippen LogP contribution in [-0.4, -0.2) is 0 Å². The van der Waals surface area contributed by atoms with Gasteiger partial charge in [-0.3, -0.25) is 0 Å². The average molecular weight is 282 g/mol. The molecule has 0 aliphatic heterocycles. The summed E-state index contributed by atoms with van der Waals surface area (Å²) in [5, 5.41) is 0. The second kappa shape index (κ2) is 5.78. The molecular weight excluding hydrogens is 268 g/mol. The number of halogens is 2. The van der Waals surface area contributed by atoms with Gasteiger partial charge in [-0.25, -0.2) is 0 Å². The summed E-state index contributed by atoms with van der Waals surface area (Å²) in [6.45, 7) is 6.38. The molecule has 0 radical (unpaired) electrons. The SMILES string of the molecule is Br.Br.Cc1cc(C)cc(C)c1. The molecule has 2 heteroatoms. The summed E-state index contributed by atoms with van der Waals surface area (Å²) in [6.07, 6.45) is 0. The molecule has 0 heterocycles. The van der Waals surface area contributed by atoms with Crippen LogP contribution in [0.2, 0.25) is 0 Å². The van der Waals surface area contributed by atoms with E-state index in [0.717, 1.165) is 0 Å². The Hall–Kier alpha value is 0.180. The molecule has 0 saturated heterocycles. The van der Waals surface area contributed by atoms with E-state index < -0.39 is 0 Å². The van der Waals surface area contributed by atoms with E-state index in [-0.39, 0.29) is 34.0 Å². The fourth-order valence-corrected chi connectivity index (χ4v) is 1.20. The number of rotatable bonds is 0. The molecule has 0 aliphatic carbocycles. The molecule has 0 fully saturated rings. The average Bonchev–Trinajstić information content (AvgIpc) is 1.59. The van der Waals surface area contributed by atoms with Gasteiger partial charge < -0.3 is 0 Å². The summed E-state index contributed by atoms with van der Waals surface area (Å²) >= 11 is 0. The summed E-state index contributed by atoms with van der Waals surface area (Å²) in [7, 11) is 0. The lowest BCUT2D eigenvalue weighted by Crippen LogP contribution is -1.78. The summed E-state index contributed by atoms with van der Waals surface area (Å²) in [5.74, 6) is 0. The van der Waals surface area contributed by atoms with Crippen LogP contribution in [0.3, 0.4) is 0 Å². The minimum absolute atomic E-state index is 0.